The van der Waals surface area contributed by atoms with Crippen LogP contribution in [0.5, 0.6) is 11.5 Å². The van der Waals surface area contributed by atoms with Gasteiger partial charge in [-0.05, 0) is 60.7 Å². The molecule has 0 radical (unpaired) electrons. The summed E-state index contributed by atoms with van der Waals surface area (Å²) >= 11 is 0. The number of carbonyl (C=O) groups excluding carboxylic acids is 2. The SMILES string of the molecule is COc1ccc(C#Cc2cccc(C(=O)C(=O)c3ccc(OC)cc3)c2)cc1. The van der Waals surface area contributed by atoms with Gasteiger partial charge in [0, 0.05) is 22.3 Å². The highest BCUT2D eigenvalue weighted by atomic mass is 16.5. The second kappa shape index (κ2) is 8.70. The lowest BCUT2D eigenvalue weighted by Crippen LogP contribution is -2.14. The maximum atomic E-state index is 12.6. The maximum Gasteiger partial charge on any atom is 0.233 e. The van der Waals surface area contributed by atoms with E-state index in [9.17, 15) is 9.59 Å². The van der Waals surface area contributed by atoms with Crippen LogP contribution in [0.3, 0.4) is 0 Å². The van der Waals surface area contributed by atoms with Crippen LogP contribution >= 0.6 is 0 Å². The predicted molar refractivity (Wildman–Crippen MR) is 107 cm³/mol. The molecule has 0 saturated carbocycles. The van der Waals surface area contributed by atoms with E-state index < -0.39 is 11.6 Å². The smallest absolute Gasteiger partial charge is 0.233 e. The van der Waals surface area contributed by atoms with Gasteiger partial charge < -0.3 is 9.47 Å². The van der Waals surface area contributed by atoms with Gasteiger partial charge in [-0.15, -0.1) is 0 Å². The zero-order valence-corrected chi connectivity index (χ0v) is 15.6. The van der Waals surface area contributed by atoms with Gasteiger partial charge in [-0.3, -0.25) is 9.59 Å². The lowest BCUT2D eigenvalue weighted by molar-refractivity contribution is 0.0817. The average molecular weight is 370 g/mol. The van der Waals surface area contributed by atoms with Crippen LogP contribution in [0.25, 0.3) is 0 Å². The van der Waals surface area contributed by atoms with E-state index in [1.807, 2.05) is 24.3 Å². The minimum absolute atomic E-state index is 0.308. The normalized spacial score (nSPS) is 9.79. The Kier molecular flexibility index (Phi) is 5.88. The molecular weight excluding hydrogens is 352 g/mol. The average Bonchev–Trinajstić information content (AvgIpc) is 2.77. The largest absolute Gasteiger partial charge is 0.497 e. The molecule has 28 heavy (non-hydrogen) atoms. The molecule has 4 heteroatoms. The molecule has 0 spiro atoms. The van der Waals surface area contributed by atoms with Gasteiger partial charge in [0.05, 0.1) is 14.2 Å². The van der Waals surface area contributed by atoms with Gasteiger partial charge in [0.2, 0.25) is 11.6 Å². The molecule has 0 aliphatic rings. The molecule has 0 fully saturated rings. The van der Waals surface area contributed by atoms with Crippen molar-refractivity contribution >= 4 is 11.6 Å². The van der Waals surface area contributed by atoms with Crippen LogP contribution in [0.15, 0.2) is 72.8 Å². The van der Waals surface area contributed by atoms with Crippen LogP contribution < -0.4 is 9.47 Å². The standard InChI is InChI=1S/C24H18O4/c1-27-21-12-8-17(9-13-21)6-7-18-4-3-5-20(16-18)24(26)23(25)19-10-14-22(28-2)15-11-19/h3-5,8-16H,1-2H3. The van der Waals surface area contributed by atoms with Crippen LogP contribution in [0.4, 0.5) is 0 Å². The Bertz CT molecular complexity index is 1050. The van der Waals surface area contributed by atoms with Crippen molar-refractivity contribution in [3.63, 3.8) is 0 Å². The predicted octanol–water partition coefficient (Wildman–Crippen LogP) is 4.17. The minimum atomic E-state index is -0.571. The van der Waals surface area contributed by atoms with Gasteiger partial charge in [0.25, 0.3) is 0 Å². The van der Waals surface area contributed by atoms with Gasteiger partial charge in [-0.2, -0.15) is 0 Å². The molecule has 3 aromatic rings. The van der Waals surface area contributed by atoms with E-state index in [-0.39, 0.29) is 0 Å². The Morgan fingerprint density at radius 3 is 1.79 bits per heavy atom. The molecule has 0 aliphatic carbocycles. The molecule has 3 rings (SSSR count). The summed E-state index contributed by atoms with van der Waals surface area (Å²) in [6.45, 7) is 0. The summed E-state index contributed by atoms with van der Waals surface area (Å²) < 4.78 is 10.2. The van der Waals surface area contributed by atoms with Crippen LogP contribution in [0.1, 0.15) is 31.8 Å². The van der Waals surface area contributed by atoms with Gasteiger partial charge in [0.15, 0.2) is 0 Å². The van der Waals surface area contributed by atoms with Gasteiger partial charge >= 0.3 is 0 Å². The highest BCUT2D eigenvalue weighted by Gasteiger charge is 2.18. The molecule has 0 bridgehead atoms. The Balaban J connectivity index is 1.79. The lowest BCUT2D eigenvalue weighted by atomic mass is 10.00. The molecule has 3 aromatic carbocycles. The second-order valence-electron chi connectivity index (χ2n) is 5.95. The number of carbonyl (C=O) groups is 2. The van der Waals surface area contributed by atoms with Gasteiger partial charge in [-0.1, -0.05) is 24.0 Å². The van der Waals surface area contributed by atoms with E-state index in [1.54, 1.807) is 62.8 Å². The van der Waals surface area contributed by atoms with Crippen molar-refractivity contribution in [1.82, 2.24) is 0 Å². The van der Waals surface area contributed by atoms with Crippen molar-refractivity contribution < 1.29 is 19.1 Å². The fourth-order valence-electron chi connectivity index (χ4n) is 2.56. The van der Waals surface area contributed by atoms with Crippen molar-refractivity contribution in [2.75, 3.05) is 14.2 Å². The topological polar surface area (TPSA) is 52.6 Å². The summed E-state index contributed by atoms with van der Waals surface area (Å²) in [5, 5.41) is 0. The molecule has 0 aliphatic heterocycles. The monoisotopic (exact) mass is 370 g/mol. The molecular formula is C24H18O4. The molecule has 0 amide bonds. The third-order valence-corrected chi connectivity index (χ3v) is 4.12. The van der Waals surface area contributed by atoms with E-state index in [0.717, 1.165) is 11.3 Å². The van der Waals surface area contributed by atoms with Crippen molar-refractivity contribution in [3.05, 3.63) is 95.1 Å². The first kappa shape index (κ1) is 18.9. The fourth-order valence-corrected chi connectivity index (χ4v) is 2.56. The fraction of sp³-hybridized carbons (Fsp3) is 0.0833. The van der Waals surface area contributed by atoms with Crippen molar-refractivity contribution in [3.8, 4) is 23.3 Å². The van der Waals surface area contributed by atoms with Crippen LogP contribution in [-0.4, -0.2) is 25.8 Å². The van der Waals surface area contributed by atoms with Crippen LogP contribution in [0.2, 0.25) is 0 Å². The number of benzene rings is 3. The highest BCUT2D eigenvalue weighted by Crippen LogP contribution is 2.15. The molecule has 138 valence electrons. The van der Waals surface area contributed by atoms with Crippen molar-refractivity contribution in [1.29, 1.82) is 0 Å². The van der Waals surface area contributed by atoms with Gasteiger partial charge in [0.1, 0.15) is 11.5 Å². The number of ether oxygens (including phenoxy) is 2. The Labute approximate surface area is 163 Å². The number of Topliss-reactive ketones (excluding diaryl/α,β-unsaturated/α-hetero) is 2. The molecule has 0 atom stereocenters. The Hall–Kier alpha value is -3.84. The summed E-state index contributed by atoms with van der Waals surface area (Å²) in [5.74, 6) is 6.30. The third-order valence-electron chi connectivity index (χ3n) is 4.12. The lowest BCUT2D eigenvalue weighted by Gasteiger charge is -2.03. The van der Waals surface area contributed by atoms with E-state index in [1.165, 1.54) is 0 Å². The highest BCUT2D eigenvalue weighted by molar-refractivity contribution is 6.49. The van der Waals surface area contributed by atoms with Crippen LogP contribution in [-0.2, 0) is 0 Å². The zero-order chi connectivity index (χ0) is 19.9. The number of ketones is 2. The molecule has 0 saturated heterocycles. The molecule has 4 nitrogen and oxygen atoms in total. The van der Waals surface area contributed by atoms with Crippen LogP contribution in [0, 0.1) is 11.8 Å². The number of hydrogen-bond acceptors (Lipinski definition) is 4. The first-order chi connectivity index (χ1) is 13.6. The second-order valence-corrected chi connectivity index (χ2v) is 5.95. The van der Waals surface area contributed by atoms with Crippen molar-refractivity contribution in [2.24, 2.45) is 0 Å². The third kappa shape index (κ3) is 4.46. The summed E-state index contributed by atoms with van der Waals surface area (Å²) in [4.78, 5) is 25.0. The first-order valence-electron chi connectivity index (χ1n) is 8.60. The van der Waals surface area contributed by atoms with Crippen molar-refractivity contribution in [2.45, 2.75) is 0 Å². The molecule has 0 unspecified atom stereocenters. The summed E-state index contributed by atoms with van der Waals surface area (Å²) in [5.41, 5.74) is 2.11. The summed E-state index contributed by atoms with van der Waals surface area (Å²) in [6, 6.07) is 20.6. The molecule has 0 N–H and O–H groups in total. The summed E-state index contributed by atoms with van der Waals surface area (Å²) in [7, 11) is 3.15. The van der Waals surface area contributed by atoms with E-state index in [4.69, 9.17) is 9.47 Å². The molecule has 0 heterocycles. The van der Waals surface area contributed by atoms with E-state index >= 15 is 0 Å². The van der Waals surface area contributed by atoms with E-state index in [0.29, 0.717) is 22.4 Å². The first-order valence-corrected chi connectivity index (χ1v) is 8.60. The number of rotatable bonds is 5. The number of hydrogen-bond donors (Lipinski definition) is 0. The van der Waals surface area contributed by atoms with E-state index in [2.05, 4.69) is 11.8 Å². The minimum Gasteiger partial charge on any atom is -0.497 e. The number of methoxy groups -OCH3 is 2. The zero-order valence-electron chi connectivity index (χ0n) is 15.6. The Morgan fingerprint density at radius 1 is 0.643 bits per heavy atom. The summed E-state index contributed by atoms with van der Waals surface area (Å²) in [6.07, 6.45) is 0. The Morgan fingerprint density at radius 2 is 1.18 bits per heavy atom. The van der Waals surface area contributed by atoms with Gasteiger partial charge in [-0.25, -0.2) is 0 Å². The molecule has 0 aromatic heterocycles. The quantitative estimate of drug-likeness (QED) is 0.384. The maximum absolute atomic E-state index is 12.6.